The lowest BCUT2D eigenvalue weighted by Gasteiger charge is -2.32. The van der Waals surface area contributed by atoms with Gasteiger partial charge in [-0.1, -0.05) is 36.4 Å². The minimum absolute atomic E-state index is 0.179. The molecule has 1 atom stereocenters. The summed E-state index contributed by atoms with van der Waals surface area (Å²) in [6, 6.07) is 14.8. The summed E-state index contributed by atoms with van der Waals surface area (Å²) in [5.74, 6) is -0.266. The van der Waals surface area contributed by atoms with E-state index in [2.05, 4.69) is 0 Å². The van der Waals surface area contributed by atoms with E-state index in [0.29, 0.717) is 23.5 Å². The molecule has 2 aromatic rings. The standard InChI is InChI=1S/C22H25NO5S/c1-27-21(24)18-8-9-19(20(14-18)29(2)26)17-10-12-23(13-11-17)22(25)28-15-16-6-4-3-5-7-16/h3-9,14,17H,10-13,15H2,1-2H3. The largest absolute Gasteiger partial charge is 0.612 e. The minimum Gasteiger partial charge on any atom is -0.612 e. The monoisotopic (exact) mass is 415 g/mol. The van der Waals surface area contributed by atoms with E-state index in [0.717, 1.165) is 24.0 Å². The number of nitrogens with zero attached hydrogens (tertiary/aromatic N) is 1. The molecule has 1 aliphatic rings. The summed E-state index contributed by atoms with van der Waals surface area (Å²) in [6.07, 6.45) is 2.80. The molecule has 0 saturated carbocycles. The van der Waals surface area contributed by atoms with Gasteiger partial charge in [0.1, 0.15) is 12.9 Å². The summed E-state index contributed by atoms with van der Waals surface area (Å²) in [5, 5.41) is 0. The van der Waals surface area contributed by atoms with Crippen LogP contribution in [-0.4, -0.2) is 48.0 Å². The number of hydrogen-bond acceptors (Lipinski definition) is 5. The fraction of sp³-hybridized carbons (Fsp3) is 0.364. The van der Waals surface area contributed by atoms with Gasteiger partial charge in [-0.05, 0) is 41.6 Å². The SMILES string of the molecule is COC(=O)c1ccc(C2CCN(C(=O)OCc3ccccc3)CC2)c([S+](C)[O-])c1. The molecule has 29 heavy (non-hydrogen) atoms. The highest BCUT2D eigenvalue weighted by Crippen LogP contribution is 2.33. The maximum absolute atomic E-state index is 12.3. The Labute approximate surface area is 174 Å². The first-order valence-corrected chi connectivity index (χ1v) is 11.1. The summed E-state index contributed by atoms with van der Waals surface area (Å²) in [7, 11) is 1.32. The molecule has 1 amide bonds. The van der Waals surface area contributed by atoms with Crippen LogP contribution in [0.3, 0.4) is 0 Å². The number of carbonyl (C=O) groups is 2. The summed E-state index contributed by atoms with van der Waals surface area (Å²) in [4.78, 5) is 26.5. The van der Waals surface area contributed by atoms with E-state index in [1.807, 2.05) is 36.4 Å². The number of carbonyl (C=O) groups excluding carboxylic acids is 2. The third-order valence-corrected chi connectivity index (χ3v) is 6.12. The molecule has 1 heterocycles. The Hall–Kier alpha value is -2.51. The molecular weight excluding hydrogens is 390 g/mol. The molecule has 6 nitrogen and oxygen atoms in total. The van der Waals surface area contributed by atoms with Gasteiger partial charge in [0.2, 0.25) is 0 Å². The first kappa shape index (κ1) is 21.2. The third kappa shape index (κ3) is 5.31. The lowest BCUT2D eigenvalue weighted by atomic mass is 9.89. The molecule has 0 aromatic heterocycles. The van der Waals surface area contributed by atoms with Crippen LogP contribution in [0.15, 0.2) is 53.4 Å². The number of benzene rings is 2. The van der Waals surface area contributed by atoms with Crippen molar-refractivity contribution in [3.63, 3.8) is 0 Å². The lowest BCUT2D eigenvalue weighted by Crippen LogP contribution is -2.38. The quantitative estimate of drug-likeness (QED) is 0.549. The van der Waals surface area contributed by atoms with Crippen molar-refractivity contribution >= 4 is 23.2 Å². The van der Waals surface area contributed by atoms with Crippen molar-refractivity contribution in [3.05, 3.63) is 65.2 Å². The Morgan fingerprint density at radius 3 is 2.45 bits per heavy atom. The average molecular weight is 416 g/mol. The predicted molar refractivity (Wildman–Crippen MR) is 110 cm³/mol. The van der Waals surface area contributed by atoms with Crippen LogP contribution in [-0.2, 0) is 27.3 Å². The van der Waals surface area contributed by atoms with Crippen LogP contribution in [0, 0.1) is 0 Å². The molecule has 0 aliphatic carbocycles. The van der Waals surface area contributed by atoms with Crippen molar-refractivity contribution in [1.29, 1.82) is 0 Å². The van der Waals surface area contributed by atoms with Crippen LogP contribution in [0.1, 0.15) is 40.2 Å². The second-order valence-electron chi connectivity index (χ2n) is 7.00. The predicted octanol–water partition coefficient (Wildman–Crippen LogP) is 3.73. The van der Waals surface area contributed by atoms with Gasteiger partial charge in [-0.2, -0.15) is 0 Å². The molecule has 0 radical (unpaired) electrons. The van der Waals surface area contributed by atoms with Gasteiger partial charge in [0, 0.05) is 24.7 Å². The molecule has 1 aliphatic heterocycles. The van der Waals surface area contributed by atoms with E-state index >= 15 is 0 Å². The smallest absolute Gasteiger partial charge is 0.410 e. The van der Waals surface area contributed by atoms with Gasteiger partial charge >= 0.3 is 12.1 Å². The number of ether oxygens (including phenoxy) is 2. The molecular formula is C22H25NO5S. The first-order chi connectivity index (χ1) is 14.0. The zero-order valence-electron chi connectivity index (χ0n) is 16.6. The van der Waals surface area contributed by atoms with Crippen molar-refractivity contribution in [2.75, 3.05) is 26.5 Å². The van der Waals surface area contributed by atoms with E-state index < -0.39 is 17.1 Å². The Balaban J connectivity index is 1.61. The van der Waals surface area contributed by atoms with Crippen LogP contribution >= 0.6 is 0 Å². The highest BCUT2D eigenvalue weighted by atomic mass is 32.2. The fourth-order valence-electron chi connectivity index (χ4n) is 3.55. The van der Waals surface area contributed by atoms with Crippen LogP contribution in [0.25, 0.3) is 0 Å². The zero-order chi connectivity index (χ0) is 20.8. The van der Waals surface area contributed by atoms with Gasteiger partial charge in [-0.3, -0.25) is 0 Å². The summed E-state index contributed by atoms with van der Waals surface area (Å²) < 4.78 is 22.4. The van der Waals surface area contributed by atoms with Crippen LogP contribution in [0.5, 0.6) is 0 Å². The molecule has 1 unspecified atom stereocenters. The minimum atomic E-state index is -1.23. The Morgan fingerprint density at radius 2 is 1.83 bits per heavy atom. The van der Waals surface area contributed by atoms with Crippen LogP contribution in [0.4, 0.5) is 4.79 Å². The van der Waals surface area contributed by atoms with Crippen molar-refractivity contribution in [2.24, 2.45) is 0 Å². The van der Waals surface area contributed by atoms with Crippen LogP contribution < -0.4 is 0 Å². The topological polar surface area (TPSA) is 78.9 Å². The van der Waals surface area contributed by atoms with Gasteiger partial charge < -0.3 is 18.9 Å². The van der Waals surface area contributed by atoms with E-state index in [-0.39, 0.29) is 18.6 Å². The van der Waals surface area contributed by atoms with Crippen molar-refractivity contribution in [2.45, 2.75) is 30.3 Å². The molecule has 1 fully saturated rings. The lowest BCUT2D eigenvalue weighted by molar-refractivity contribution is 0.0600. The first-order valence-electron chi connectivity index (χ1n) is 9.51. The number of hydrogen-bond donors (Lipinski definition) is 0. The molecule has 1 saturated heterocycles. The second-order valence-corrected chi connectivity index (χ2v) is 8.35. The molecule has 7 heteroatoms. The number of amides is 1. The Kier molecular flexibility index (Phi) is 7.17. The number of methoxy groups -OCH3 is 1. The number of likely N-dealkylation sites (tertiary alicyclic amines) is 1. The molecule has 3 rings (SSSR count). The van der Waals surface area contributed by atoms with Crippen molar-refractivity contribution in [1.82, 2.24) is 4.90 Å². The third-order valence-electron chi connectivity index (χ3n) is 5.14. The Morgan fingerprint density at radius 1 is 1.14 bits per heavy atom. The highest BCUT2D eigenvalue weighted by molar-refractivity contribution is 7.90. The van der Waals surface area contributed by atoms with E-state index in [9.17, 15) is 14.1 Å². The van der Waals surface area contributed by atoms with E-state index in [4.69, 9.17) is 9.47 Å². The zero-order valence-corrected chi connectivity index (χ0v) is 17.4. The average Bonchev–Trinajstić information content (AvgIpc) is 2.77. The number of esters is 1. The molecule has 0 bridgehead atoms. The highest BCUT2D eigenvalue weighted by Gasteiger charge is 2.29. The second kappa shape index (κ2) is 9.80. The maximum atomic E-state index is 12.3. The molecule has 0 N–H and O–H groups in total. The van der Waals surface area contributed by atoms with Crippen LogP contribution in [0.2, 0.25) is 0 Å². The number of piperidine rings is 1. The maximum Gasteiger partial charge on any atom is 0.410 e. The summed E-state index contributed by atoms with van der Waals surface area (Å²) in [6.45, 7) is 1.41. The Bertz CT molecular complexity index is 848. The van der Waals surface area contributed by atoms with E-state index in [1.54, 1.807) is 23.3 Å². The number of rotatable bonds is 5. The normalized spacial score (nSPS) is 15.6. The van der Waals surface area contributed by atoms with Gasteiger partial charge in [0.25, 0.3) is 0 Å². The fourth-order valence-corrected chi connectivity index (χ4v) is 4.41. The molecule has 2 aromatic carbocycles. The van der Waals surface area contributed by atoms with Gasteiger partial charge in [-0.25, -0.2) is 9.59 Å². The summed E-state index contributed by atoms with van der Waals surface area (Å²) in [5.41, 5.74) is 2.32. The molecule has 0 spiro atoms. The van der Waals surface area contributed by atoms with Crippen molar-refractivity contribution in [3.8, 4) is 0 Å². The molecule has 154 valence electrons. The summed E-state index contributed by atoms with van der Waals surface area (Å²) >= 11 is -1.23. The van der Waals surface area contributed by atoms with E-state index in [1.165, 1.54) is 7.11 Å². The van der Waals surface area contributed by atoms with Crippen molar-refractivity contribution < 1.29 is 23.6 Å². The van der Waals surface area contributed by atoms with Gasteiger partial charge in [0.15, 0.2) is 4.90 Å². The van der Waals surface area contributed by atoms with Gasteiger partial charge in [0.05, 0.1) is 12.7 Å². The van der Waals surface area contributed by atoms with Gasteiger partial charge in [-0.15, -0.1) is 0 Å².